The number of nitrogens with two attached hydrogens (primary N) is 1. The maximum Gasteiger partial charge on any atom is 0.152 e. The standard InChI is InChI=1S/C12H9F2N3/c13-9-3-1-2-4-11(9)16-17-12-6-5-8(15)7-10(12)14/h1-7H,15H2. The molecule has 0 saturated heterocycles. The molecule has 3 nitrogen and oxygen atoms in total. The molecule has 2 aromatic carbocycles. The molecule has 0 amide bonds. The summed E-state index contributed by atoms with van der Waals surface area (Å²) in [5, 5.41) is 7.27. The molecule has 5 heteroatoms. The lowest BCUT2D eigenvalue weighted by Crippen LogP contribution is -1.85. The summed E-state index contributed by atoms with van der Waals surface area (Å²) in [6.45, 7) is 0. The van der Waals surface area contributed by atoms with Crippen molar-refractivity contribution < 1.29 is 8.78 Å². The van der Waals surface area contributed by atoms with E-state index in [9.17, 15) is 8.78 Å². The number of nitrogens with zero attached hydrogens (tertiary/aromatic N) is 2. The highest BCUT2D eigenvalue weighted by atomic mass is 19.1. The number of nitrogen functional groups attached to an aromatic ring is 1. The van der Waals surface area contributed by atoms with Crippen molar-refractivity contribution in [2.75, 3.05) is 5.73 Å². The van der Waals surface area contributed by atoms with Crippen LogP contribution in [0.4, 0.5) is 25.8 Å². The molecule has 0 aliphatic heterocycles. The van der Waals surface area contributed by atoms with Gasteiger partial charge in [-0.15, -0.1) is 10.2 Å². The van der Waals surface area contributed by atoms with Gasteiger partial charge in [0.25, 0.3) is 0 Å². The topological polar surface area (TPSA) is 50.7 Å². The van der Waals surface area contributed by atoms with E-state index in [1.54, 1.807) is 6.07 Å². The van der Waals surface area contributed by atoms with Crippen LogP contribution in [-0.2, 0) is 0 Å². The Kier molecular flexibility index (Phi) is 3.09. The molecule has 0 aliphatic carbocycles. The van der Waals surface area contributed by atoms with Gasteiger partial charge in [0.15, 0.2) is 11.6 Å². The first kappa shape index (κ1) is 11.2. The van der Waals surface area contributed by atoms with Crippen LogP contribution in [0.3, 0.4) is 0 Å². The Balaban J connectivity index is 2.29. The summed E-state index contributed by atoms with van der Waals surface area (Å²) in [7, 11) is 0. The number of azo groups is 1. The fraction of sp³-hybridized carbons (Fsp3) is 0. The summed E-state index contributed by atoms with van der Waals surface area (Å²) in [6, 6.07) is 9.89. The van der Waals surface area contributed by atoms with Crippen LogP contribution in [0.15, 0.2) is 52.7 Å². The molecule has 0 saturated carbocycles. The minimum atomic E-state index is -0.593. The minimum absolute atomic E-state index is 0.0162. The zero-order valence-electron chi connectivity index (χ0n) is 8.77. The molecule has 0 fully saturated rings. The van der Waals surface area contributed by atoms with Gasteiger partial charge in [-0.25, -0.2) is 8.78 Å². The molecular weight excluding hydrogens is 224 g/mol. The molecule has 0 heterocycles. The summed E-state index contributed by atoms with van der Waals surface area (Å²) < 4.78 is 26.5. The fourth-order valence-electron chi connectivity index (χ4n) is 1.24. The van der Waals surface area contributed by atoms with Crippen molar-refractivity contribution in [3.05, 3.63) is 54.1 Å². The molecule has 17 heavy (non-hydrogen) atoms. The lowest BCUT2D eigenvalue weighted by Gasteiger charge is -1.97. The molecule has 2 rings (SSSR count). The number of rotatable bonds is 2. The number of halogens is 2. The second-order valence-electron chi connectivity index (χ2n) is 3.36. The Morgan fingerprint density at radius 2 is 1.47 bits per heavy atom. The molecule has 0 atom stereocenters. The number of hydrogen-bond donors (Lipinski definition) is 1. The normalized spacial score (nSPS) is 10.9. The zero-order chi connectivity index (χ0) is 12.3. The quantitative estimate of drug-likeness (QED) is 0.619. The van der Waals surface area contributed by atoms with Gasteiger partial charge < -0.3 is 5.73 Å². The summed E-state index contributed by atoms with van der Waals surface area (Å²) in [5.74, 6) is -1.10. The molecule has 2 N–H and O–H groups in total. The van der Waals surface area contributed by atoms with Crippen molar-refractivity contribution in [1.82, 2.24) is 0 Å². The van der Waals surface area contributed by atoms with Crippen molar-refractivity contribution in [3.63, 3.8) is 0 Å². The van der Waals surface area contributed by atoms with Crippen LogP contribution in [0.1, 0.15) is 0 Å². The number of anilines is 1. The maximum absolute atomic E-state index is 13.3. The third-order valence-electron chi connectivity index (χ3n) is 2.09. The molecule has 0 aliphatic rings. The van der Waals surface area contributed by atoms with Gasteiger partial charge in [0.2, 0.25) is 0 Å². The van der Waals surface area contributed by atoms with Gasteiger partial charge in [-0.3, -0.25) is 0 Å². The van der Waals surface area contributed by atoms with Gasteiger partial charge in [0.05, 0.1) is 0 Å². The van der Waals surface area contributed by atoms with E-state index in [2.05, 4.69) is 10.2 Å². The highest BCUT2D eigenvalue weighted by Gasteiger charge is 2.02. The zero-order valence-corrected chi connectivity index (χ0v) is 8.77. The van der Waals surface area contributed by atoms with Crippen LogP contribution in [0, 0.1) is 11.6 Å². The van der Waals surface area contributed by atoms with Crippen LogP contribution in [0.5, 0.6) is 0 Å². The first-order valence-corrected chi connectivity index (χ1v) is 4.88. The largest absolute Gasteiger partial charge is 0.399 e. The molecule has 0 unspecified atom stereocenters. The van der Waals surface area contributed by atoms with Crippen LogP contribution < -0.4 is 5.73 Å². The minimum Gasteiger partial charge on any atom is -0.399 e. The second-order valence-corrected chi connectivity index (χ2v) is 3.36. The van der Waals surface area contributed by atoms with Crippen LogP contribution >= 0.6 is 0 Å². The third-order valence-corrected chi connectivity index (χ3v) is 2.09. The highest BCUT2D eigenvalue weighted by Crippen LogP contribution is 2.24. The van der Waals surface area contributed by atoms with Crippen molar-refractivity contribution in [2.24, 2.45) is 10.2 Å². The van der Waals surface area contributed by atoms with E-state index in [0.717, 1.165) is 6.07 Å². The summed E-state index contributed by atoms with van der Waals surface area (Å²) in [6.07, 6.45) is 0. The van der Waals surface area contributed by atoms with E-state index in [4.69, 9.17) is 5.73 Å². The van der Waals surface area contributed by atoms with E-state index < -0.39 is 11.6 Å². The van der Waals surface area contributed by atoms with E-state index in [1.165, 1.54) is 30.3 Å². The summed E-state index contributed by atoms with van der Waals surface area (Å²) >= 11 is 0. The van der Waals surface area contributed by atoms with E-state index in [1.807, 2.05) is 0 Å². The molecule has 2 aromatic rings. The average molecular weight is 233 g/mol. The molecule has 0 radical (unpaired) electrons. The molecule has 0 bridgehead atoms. The van der Waals surface area contributed by atoms with Crippen LogP contribution in [0.25, 0.3) is 0 Å². The van der Waals surface area contributed by atoms with Gasteiger partial charge in [0, 0.05) is 5.69 Å². The molecular formula is C12H9F2N3. The number of benzene rings is 2. The van der Waals surface area contributed by atoms with Crippen molar-refractivity contribution >= 4 is 17.1 Å². The van der Waals surface area contributed by atoms with Gasteiger partial charge in [-0.2, -0.15) is 0 Å². The van der Waals surface area contributed by atoms with Crippen molar-refractivity contribution in [3.8, 4) is 0 Å². The molecule has 86 valence electrons. The SMILES string of the molecule is Nc1ccc(N=Nc2ccccc2F)c(F)c1. The predicted octanol–water partition coefficient (Wildman–Crippen LogP) is 3.96. The first-order valence-electron chi connectivity index (χ1n) is 4.88. The van der Waals surface area contributed by atoms with Gasteiger partial charge in [-0.05, 0) is 30.3 Å². The van der Waals surface area contributed by atoms with Gasteiger partial charge in [0.1, 0.15) is 11.4 Å². The third kappa shape index (κ3) is 2.63. The second kappa shape index (κ2) is 4.69. The Bertz CT molecular complexity index is 567. The predicted molar refractivity (Wildman–Crippen MR) is 61.4 cm³/mol. The van der Waals surface area contributed by atoms with Gasteiger partial charge >= 0.3 is 0 Å². The number of hydrogen-bond acceptors (Lipinski definition) is 3. The van der Waals surface area contributed by atoms with Gasteiger partial charge in [-0.1, -0.05) is 12.1 Å². The van der Waals surface area contributed by atoms with Crippen molar-refractivity contribution in [2.45, 2.75) is 0 Å². The lowest BCUT2D eigenvalue weighted by molar-refractivity contribution is 0.623. The summed E-state index contributed by atoms with van der Waals surface area (Å²) in [5.41, 5.74) is 5.76. The van der Waals surface area contributed by atoms with Crippen molar-refractivity contribution in [1.29, 1.82) is 0 Å². The maximum atomic E-state index is 13.3. The first-order chi connectivity index (χ1) is 8.16. The van der Waals surface area contributed by atoms with E-state index >= 15 is 0 Å². The lowest BCUT2D eigenvalue weighted by atomic mass is 10.3. The molecule has 0 aromatic heterocycles. The molecule has 0 spiro atoms. The van der Waals surface area contributed by atoms with E-state index in [-0.39, 0.29) is 11.4 Å². The summed E-state index contributed by atoms with van der Waals surface area (Å²) in [4.78, 5) is 0. The smallest absolute Gasteiger partial charge is 0.152 e. The highest BCUT2D eigenvalue weighted by molar-refractivity contribution is 5.49. The van der Waals surface area contributed by atoms with E-state index in [0.29, 0.717) is 5.69 Å². The Hall–Kier alpha value is -2.30. The average Bonchev–Trinajstić information content (AvgIpc) is 2.30. The van der Waals surface area contributed by atoms with Crippen LogP contribution in [0.2, 0.25) is 0 Å². The monoisotopic (exact) mass is 233 g/mol. The Morgan fingerprint density at radius 1 is 0.824 bits per heavy atom. The fourth-order valence-corrected chi connectivity index (χ4v) is 1.24. The Labute approximate surface area is 96.6 Å². The van der Waals surface area contributed by atoms with Crippen LogP contribution in [-0.4, -0.2) is 0 Å². The Morgan fingerprint density at radius 3 is 2.12 bits per heavy atom.